The molecular formula is C85H56N2. The Morgan fingerprint density at radius 2 is 0.529 bits per heavy atom. The highest BCUT2D eigenvalue weighted by Crippen LogP contribution is 2.58. The van der Waals surface area contributed by atoms with Gasteiger partial charge in [0.25, 0.3) is 0 Å². The topological polar surface area (TPSA) is 9.86 Å². The van der Waals surface area contributed by atoms with Crippen LogP contribution < -0.4 is 0 Å². The minimum atomic E-state index is -0.532. The van der Waals surface area contributed by atoms with Gasteiger partial charge in [-0.25, -0.2) is 0 Å². The van der Waals surface area contributed by atoms with Crippen LogP contribution >= 0.6 is 0 Å². The summed E-state index contributed by atoms with van der Waals surface area (Å²) in [5.41, 5.74) is 28.7. The standard InChI is InChI=1S/C85H56N2/c1-3-19-57(20-4-1)65-24-18-26-70(54-65)87-82-36-16-11-31-75(82)77-56-67(48-52-84(77)87)66-47-51-83-76(55-66)74-30-10-15-35-81(74)86(83)69-49-45-61(46-50-69)60-39-37-58(38-40-60)59-41-43-62(44-42-59)64-23-17-25-68(53-64)85(78-32-12-7-27-71(78)63-21-5-2-6-22-63)79-33-13-8-28-72(79)73-29-9-14-34-80(73)85/h1-56H. The van der Waals surface area contributed by atoms with Crippen LogP contribution in [-0.4, -0.2) is 9.13 Å². The van der Waals surface area contributed by atoms with Gasteiger partial charge in [-0.3, -0.25) is 0 Å². The normalized spacial score (nSPS) is 12.5. The summed E-state index contributed by atoms with van der Waals surface area (Å²) in [7, 11) is 0. The largest absolute Gasteiger partial charge is 0.309 e. The van der Waals surface area contributed by atoms with Gasteiger partial charge in [-0.15, -0.1) is 0 Å². The fourth-order valence-electron chi connectivity index (χ4n) is 14.4. The zero-order chi connectivity index (χ0) is 57.4. The summed E-state index contributed by atoms with van der Waals surface area (Å²) in [6.45, 7) is 0. The van der Waals surface area contributed by atoms with Gasteiger partial charge in [-0.05, 0) is 167 Å². The molecule has 2 heteroatoms. The third kappa shape index (κ3) is 8.17. The van der Waals surface area contributed by atoms with Crippen molar-refractivity contribution in [3.8, 4) is 89.3 Å². The van der Waals surface area contributed by atoms with Crippen molar-refractivity contribution in [1.29, 1.82) is 0 Å². The van der Waals surface area contributed by atoms with Crippen LogP contribution in [0.4, 0.5) is 0 Å². The number of benzene rings is 14. The lowest BCUT2D eigenvalue weighted by Crippen LogP contribution is -2.29. The molecule has 2 heterocycles. The second kappa shape index (κ2) is 20.5. The number of aromatic nitrogens is 2. The lowest BCUT2D eigenvalue weighted by Gasteiger charge is -2.36. The monoisotopic (exact) mass is 1100 g/mol. The van der Waals surface area contributed by atoms with Gasteiger partial charge in [0.05, 0.1) is 27.5 Å². The van der Waals surface area contributed by atoms with Crippen LogP contribution in [0, 0.1) is 0 Å². The number of para-hydroxylation sites is 2. The lowest BCUT2D eigenvalue weighted by atomic mass is 9.65. The summed E-state index contributed by atoms with van der Waals surface area (Å²) in [5, 5.41) is 4.96. The van der Waals surface area contributed by atoms with Crippen molar-refractivity contribution in [1.82, 2.24) is 9.13 Å². The smallest absolute Gasteiger partial charge is 0.0719 e. The maximum Gasteiger partial charge on any atom is 0.0719 e. The molecule has 2 aromatic heterocycles. The van der Waals surface area contributed by atoms with E-state index in [0.29, 0.717) is 0 Å². The van der Waals surface area contributed by atoms with Crippen molar-refractivity contribution in [2.45, 2.75) is 5.41 Å². The molecule has 1 aliphatic rings. The van der Waals surface area contributed by atoms with Crippen molar-refractivity contribution in [3.05, 3.63) is 362 Å². The van der Waals surface area contributed by atoms with E-state index in [-0.39, 0.29) is 0 Å². The van der Waals surface area contributed by atoms with Gasteiger partial charge < -0.3 is 9.13 Å². The molecule has 0 saturated carbocycles. The molecule has 0 saturated heterocycles. The van der Waals surface area contributed by atoms with Crippen molar-refractivity contribution < 1.29 is 0 Å². The van der Waals surface area contributed by atoms with E-state index in [1.165, 1.54) is 144 Å². The van der Waals surface area contributed by atoms with Crippen LogP contribution in [0.5, 0.6) is 0 Å². The molecule has 0 fully saturated rings. The molecule has 87 heavy (non-hydrogen) atoms. The van der Waals surface area contributed by atoms with Crippen LogP contribution in [0.3, 0.4) is 0 Å². The summed E-state index contributed by atoms with van der Waals surface area (Å²) in [4.78, 5) is 0. The molecule has 0 bridgehead atoms. The molecule has 0 aliphatic heterocycles. The maximum absolute atomic E-state index is 2.43. The molecule has 0 unspecified atom stereocenters. The Labute approximate surface area is 506 Å². The Hall–Kier alpha value is -11.3. The molecule has 17 rings (SSSR count). The first-order valence-electron chi connectivity index (χ1n) is 30.1. The van der Waals surface area contributed by atoms with E-state index in [1.807, 2.05) is 0 Å². The summed E-state index contributed by atoms with van der Waals surface area (Å²) < 4.78 is 4.83. The first-order valence-corrected chi connectivity index (χ1v) is 30.1. The van der Waals surface area contributed by atoms with E-state index in [4.69, 9.17) is 0 Å². The van der Waals surface area contributed by atoms with Crippen molar-refractivity contribution in [2.24, 2.45) is 0 Å². The number of rotatable bonds is 10. The first-order chi connectivity index (χ1) is 43.1. The number of fused-ring (bicyclic) bond motifs is 9. The molecule has 406 valence electrons. The minimum Gasteiger partial charge on any atom is -0.309 e. The molecule has 14 aromatic carbocycles. The Balaban J connectivity index is 0.656. The highest BCUT2D eigenvalue weighted by Gasteiger charge is 2.47. The summed E-state index contributed by atoms with van der Waals surface area (Å²) in [6.07, 6.45) is 0. The zero-order valence-electron chi connectivity index (χ0n) is 47.7. The third-order valence-electron chi connectivity index (χ3n) is 18.4. The fraction of sp³-hybridized carbons (Fsp3) is 0.0118. The molecule has 0 atom stereocenters. The highest BCUT2D eigenvalue weighted by molar-refractivity contribution is 6.13. The molecule has 0 spiro atoms. The zero-order valence-corrected chi connectivity index (χ0v) is 47.7. The van der Waals surface area contributed by atoms with E-state index in [2.05, 4.69) is 349 Å². The van der Waals surface area contributed by atoms with Crippen LogP contribution in [-0.2, 0) is 5.41 Å². The second-order valence-corrected chi connectivity index (χ2v) is 23.1. The SMILES string of the molecule is c1ccc(-c2cccc(-n3c4ccccc4c4cc(-c5ccc6c(c5)c5ccccc5n6-c5ccc(-c6ccc(-c7ccc(-c8cccc(C9(c%10ccccc%10-c%10ccccc%10)c%10ccccc%10-c%10ccccc%109)c8)cc7)cc6)cc5)ccc43)c2)cc1. The van der Waals surface area contributed by atoms with Crippen LogP contribution in [0.25, 0.3) is 133 Å². The first kappa shape index (κ1) is 50.2. The van der Waals surface area contributed by atoms with Crippen molar-refractivity contribution >= 4 is 43.6 Å². The van der Waals surface area contributed by atoms with Crippen molar-refractivity contribution in [3.63, 3.8) is 0 Å². The highest BCUT2D eigenvalue weighted by atomic mass is 15.0. The van der Waals surface area contributed by atoms with Gasteiger partial charge >= 0.3 is 0 Å². The maximum atomic E-state index is 2.43. The third-order valence-corrected chi connectivity index (χ3v) is 18.4. The van der Waals surface area contributed by atoms with Gasteiger partial charge in [-0.1, -0.05) is 273 Å². The number of hydrogen-bond donors (Lipinski definition) is 0. The van der Waals surface area contributed by atoms with E-state index in [1.54, 1.807) is 0 Å². The second-order valence-electron chi connectivity index (χ2n) is 23.1. The molecule has 0 amide bonds. The molecule has 16 aromatic rings. The average Bonchev–Trinajstić information content (AvgIpc) is 1.72. The van der Waals surface area contributed by atoms with Crippen LogP contribution in [0.1, 0.15) is 22.3 Å². The Kier molecular flexibility index (Phi) is 11.8. The van der Waals surface area contributed by atoms with Crippen molar-refractivity contribution in [2.75, 3.05) is 0 Å². The Bertz CT molecular complexity index is 5250. The average molecular weight is 1110 g/mol. The summed E-state index contributed by atoms with van der Waals surface area (Å²) in [6, 6.07) is 125. The number of nitrogens with zero attached hydrogens (tertiary/aromatic N) is 2. The molecular weight excluding hydrogens is 1050 g/mol. The fourth-order valence-corrected chi connectivity index (χ4v) is 14.4. The van der Waals surface area contributed by atoms with E-state index < -0.39 is 5.41 Å². The van der Waals surface area contributed by atoms with Crippen LogP contribution in [0.15, 0.2) is 340 Å². The Morgan fingerprint density at radius 3 is 1.07 bits per heavy atom. The predicted octanol–water partition coefficient (Wildman–Crippen LogP) is 22.2. The van der Waals surface area contributed by atoms with Gasteiger partial charge in [0.1, 0.15) is 0 Å². The molecule has 1 aliphatic carbocycles. The van der Waals surface area contributed by atoms with Gasteiger partial charge in [0.15, 0.2) is 0 Å². The van der Waals surface area contributed by atoms with Gasteiger partial charge in [0, 0.05) is 32.9 Å². The van der Waals surface area contributed by atoms with E-state index in [9.17, 15) is 0 Å². The molecule has 0 radical (unpaired) electrons. The summed E-state index contributed by atoms with van der Waals surface area (Å²) in [5.74, 6) is 0. The van der Waals surface area contributed by atoms with E-state index >= 15 is 0 Å². The number of hydrogen-bond acceptors (Lipinski definition) is 0. The minimum absolute atomic E-state index is 0.532. The lowest BCUT2D eigenvalue weighted by molar-refractivity contribution is 0.771. The Morgan fingerprint density at radius 1 is 0.184 bits per heavy atom. The molecule has 2 nitrogen and oxygen atoms in total. The van der Waals surface area contributed by atoms with Crippen LogP contribution in [0.2, 0.25) is 0 Å². The predicted molar refractivity (Wildman–Crippen MR) is 365 cm³/mol. The quantitative estimate of drug-likeness (QED) is 0.129. The summed E-state index contributed by atoms with van der Waals surface area (Å²) >= 11 is 0. The van der Waals surface area contributed by atoms with Gasteiger partial charge in [0.2, 0.25) is 0 Å². The molecule has 0 N–H and O–H groups in total. The van der Waals surface area contributed by atoms with Gasteiger partial charge in [-0.2, -0.15) is 0 Å². The van der Waals surface area contributed by atoms with E-state index in [0.717, 1.165) is 11.4 Å².